The fourth-order valence-corrected chi connectivity index (χ4v) is 2.63. The Morgan fingerprint density at radius 2 is 2.12 bits per heavy atom. The van der Waals surface area contributed by atoms with Gasteiger partial charge in [0, 0.05) is 12.7 Å². The summed E-state index contributed by atoms with van der Waals surface area (Å²) in [5.41, 5.74) is 2.28. The number of aryl methyl sites for hydroxylation is 2. The average molecular weight is 354 g/mol. The van der Waals surface area contributed by atoms with Crippen LogP contribution in [0.15, 0.2) is 30.5 Å². The van der Waals surface area contributed by atoms with E-state index < -0.39 is 6.61 Å². The molecule has 0 fully saturated rings. The van der Waals surface area contributed by atoms with E-state index in [9.17, 15) is 8.78 Å². The van der Waals surface area contributed by atoms with E-state index in [4.69, 9.17) is 12.2 Å². The molecule has 0 aliphatic rings. The van der Waals surface area contributed by atoms with Crippen molar-refractivity contribution in [3.05, 3.63) is 41.7 Å². The van der Waals surface area contributed by atoms with Gasteiger partial charge < -0.3 is 15.4 Å². The predicted molar refractivity (Wildman–Crippen MR) is 93.5 cm³/mol. The molecule has 1 unspecified atom stereocenters. The molecule has 0 bridgehead atoms. The second kappa shape index (κ2) is 8.05. The molecule has 0 aliphatic heterocycles. The molecule has 0 radical (unpaired) electrons. The zero-order valence-electron chi connectivity index (χ0n) is 13.7. The summed E-state index contributed by atoms with van der Waals surface area (Å²) in [6.45, 7) is 3.66. The number of nitrogens with zero attached hydrogens (tertiary/aromatic N) is 2. The van der Waals surface area contributed by atoms with Crippen molar-refractivity contribution in [2.24, 2.45) is 0 Å². The van der Waals surface area contributed by atoms with Gasteiger partial charge in [-0.1, -0.05) is 6.07 Å². The minimum atomic E-state index is -2.90. The molecular formula is C16H20F2N4OS. The Kier molecular flexibility index (Phi) is 6.08. The van der Waals surface area contributed by atoms with Gasteiger partial charge in [0.15, 0.2) is 5.11 Å². The maximum Gasteiger partial charge on any atom is 0.387 e. The third kappa shape index (κ3) is 4.64. The Morgan fingerprint density at radius 3 is 2.79 bits per heavy atom. The summed E-state index contributed by atoms with van der Waals surface area (Å²) < 4.78 is 31.4. The average Bonchev–Trinajstić information content (AvgIpc) is 2.98. The third-order valence-electron chi connectivity index (χ3n) is 3.44. The van der Waals surface area contributed by atoms with Crippen LogP contribution in [0.1, 0.15) is 31.1 Å². The summed E-state index contributed by atoms with van der Waals surface area (Å²) in [5.74, 6) is 0.0472. The molecule has 0 spiro atoms. The summed E-state index contributed by atoms with van der Waals surface area (Å²) in [6, 6.07) is 6.70. The normalized spacial score (nSPS) is 12.1. The van der Waals surface area contributed by atoms with Gasteiger partial charge >= 0.3 is 6.61 Å². The van der Waals surface area contributed by atoms with Gasteiger partial charge in [-0.15, -0.1) is 0 Å². The zero-order valence-corrected chi connectivity index (χ0v) is 14.5. The molecule has 0 aliphatic carbocycles. The van der Waals surface area contributed by atoms with Gasteiger partial charge in [-0.2, -0.15) is 13.9 Å². The van der Waals surface area contributed by atoms with Gasteiger partial charge in [0.1, 0.15) is 5.75 Å². The Labute approximate surface area is 145 Å². The number of hydrogen-bond donors (Lipinski definition) is 2. The van der Waals surface area contributed by atoms with Crippen LogP contribution in [0, 0.1) is 6.92 Å². The molecule has 1 heterocycles. The van der Waals surface area contributed by atoms with Gasteiger partial charge in [-0.05, 0) is 56.8 Å². The Bertz CT molecular complexity index is 705. The minimum absolute atomic E-state index is 0.0472. The molecule has 0 amide bonds. The van der Waals surface area contributed by atoms with Crippen molar-refractivity contribution in [3.63, 3.8) is 0 Å². The van der Waals surface area contributed by atoms with Crippen LogP contribution in [0.3, 0.4) is 0 Å². The van der Waals surface area contributed by atoms with Gasteiger partial charge in [-0.25, -0.2) is 0 Å². The van der Waals surface area contributed by atoms with Crippen molar-refractivity contribution < 1.29 is 13.5 Å². The second-order valence-corrected chi connectivity index (χ2v) is 5.68. The first kappa shape index (κ1) is 18.1. The van der Waals surface area contributed by atoms with E-state index in [0.29, 0.717) is 10.8 Å². The van der Waals surface area contributed by atoms with Crippen LogP contribution in [-0.4, -0.2) is 21.5 Å². The molecule has 2 aromatic rings. The van der Waals surface area contributed by atoms with Crippen LogP contribution < -0.4 is 15.4 Å². The lowest BCUT2D eigenvalue weighted by atomic mass is 10.2. The molecule has 0 saturated carbocycles. The topological polar surface area (TPSA) is 51.1 Å². The minimum Gasteiger partial charge on any atom is -0.433 e. The van der Waals surface area contributed by atoms with Crippen LogP contribution in [0.4, 0.5) is 14.5 Å². The SMILES string of the molecule is CCn1nccc1C(C)NC(=S)Nc1cc(C)ccc1OC(F)F. The van der Waals surface area contributed by atoms with Gasteiger partial charge in [-0.3, -0.25) is 4.68 Å². The molecule has 1 aromatic heterocycles. The molecule has 1 aromatic carbocycles. The third-order valence-corrected chi connectivity index (χ3v) is 3.66. The van der Waals surface area contributed by atoms with E-state index in [1.54, 1.807) is 18.3 Å². The highest BCUT2D eigenvalue weighted by Gasteiger charge is 2.14. The molecule has 2 rings (SSSR count). The van der Waals surface area contributed by atoms with E-state index in [-0.39, 0.29) is 11.8 Å². The number of thiocarbonyl (C=S) groups is 1. The number of rotatable bonds is 6. The Hall–Kier alpha value is -2.22. The Morgan fingerprint density at radius 1 is 1.38 bits per heavy atom. The van der Waals surface area contributed by atoms with Crippen LogP contribution >= 0.6 is 12.2 Å². The molecule has 5 nitrogen and oxygen atoms in total. The van der Waals surface area contributed by atoms with Gasteiger partial charge in [0.25, 0.3) is 0 Å². The molecule has 1 atom stereocenters. The summed E-state index contributed by atoms with van der Waals surface area (Å²) in [5, 5.41) is 10.6. The number of halogens is 2. The van der Waals surface area contributed by atoms with E-state index in [1.165, 1.54) is 6.07 Å². The van der Waals surface area contributed by atoms with Crippen LogP contribution in [-0.2, 0) is 6.54 Å². The molecular weight excluding hydrogens is 334 g/mol. The van der Waals surface area contributed by atoms with Crippen LogP contribution in [0.5, 0.6) is 5.75 Å². The van der Waals surface area contributed by atoms with Crippen molar-refractivity contribution in [1.29, 1.82) is 0 Å². The van der Waals surface area contributed by atoms with E-state index in [2.05, 4.69) is 20.5 Å². The second-order valence-electron chi connectivity index (χ2n) is 5.27. The maximum absolute atomic E-state index is 12.5. The lowest BCUT2D eigenvalue weighted by molar-refractivity contribution is -0.0493. The van der Waals surface area contributed by atoms with Crippen molar-refractivity contribution in [2.75, 3.05) is 5.32 Å². The van der Waals surface area contributed by atoms with Gasteiger partial charge in [0.05, 0.1) is 17.4 Å². The highest BCUT2D eigenvalue weighted by molar-refractivity contribution is 7.80. The van der Waals surface area contributed by atoms with E-state index in [1.807, 2.05) is 31.5 Å². The van der Waals surface area contributed by atoms with Crippen molar-refractivity contribution in [1.82, 2.24) is 15.1 Å². The lowest BCUT2D eigenvalue weighted by Crippen LogP contribution is -2.32. The monoisotopic (exact) mass is 354 g/mol. The van der Waals surface area contributed by atoms with E-state index >= 15 is 0 Å². The highest BCUT2D eigenvalue weighted by Crippen LogP contribution is 2.27. The van der Waals surface area contributed by atoms with Crippen LogP contribution in [0.25, 0.3) is 0 Å². The molecule has 8 heteroatoms. The quantitative estimate of drug-likeness (QED) is 0.772. The molecule has 24 heavy (non-hydrogen) atoms. The molecule has 0 saturated heterocycles. The number of anilines is 1. The number of aromatic nitrogens is 2. The fraction of sp³-hybridized carbons (Fsp3) is 0.375. The highest BCUT2D eigenvalue weighted by atomic mass is 32.1. The summed E-state index contributed by atoms with van der Waals surface area (Å²) in [6.07, 6.45) is 1.72. The van der Waals surface area contributed by atoms with Gasteiger partial charge in [0.2, 0.25) is 0 Å². The van der Waals surface area contributed by atoms with Crippen molar-refractivity contribution in [3.8, 4) is 5.75 Å². The Balaban J connectivity index is 2.08. The fourth-order valence-electron chi connectivity index (χ4n) is 2.34. The lowest BCUT2D eigenvalue weighted by Gasteiger charge is -2.19. The number of alkyl halides is 2. The van der Waals surface area contributed by atoms with Crippen LogP contribution in [0.2, 0.25) is 0 Å². The first-order valence-corrected chi connectivity index (χ1v) is 7.96. The van der Waals surface area contributed by atoms with Crippen molar-refractivity contribution >= 4 is 23.0 Å². The predicted octanol–water partition coefficient (Wildman–Crippen LogP) is 3.86. The summed E-state index contributed by atoms with van der Waals surface area (Å²) in [4.78, 5) is 0. The molecule has 2 N–H and O–H groups in total. The number of benzene rings is 1. The number of ether oxygens (including phenoxy) is 1. The maximum atomic E-state index is 12.5. The number of hydrogen-bond acceptors (Lipinski definition) is 3. The number of nitrogens with one attached hydrogen (secondary N) is 2. The molecule has 130 valence electrons. The zero-order chi connectivity index (χ0) is 17.7. The largest absolute Gasteiger partial charge is 0.433 e. The standard InChI is InChI=1S/C16H20F2N4OS/c1-4-22-13(7-8-19-22)11(3)20-16(24)21-12-9-10(2)5-6-14(12)23-15(17)18/h5-9,11,15H,4H2,1-3H3,(H2,20,21,24). The smallest absolute Gasteiger partial charge is 0.387 e. The first-order valence-electron chi connectivity index (χ1n) is 7.55. The van der Waals surface area contributed by atoms with Crippen molar-refractivity contribution in [2.45, 2.75) is 40.0 Å². The first-order chi connectivity index (χ1) is 11.4. The van der Waals surface area contributed by atoms with E-state index in [0.717, 1.165) is 17.8 Å². The summed E-state index contributed by atoms with van der Waals surface area (Å²) >= 11 is 5.29. The summed E-state index contributed by atoms with van der Waals surface area (Å²) in [7, 11) is 0.